The van der Waals surface area contributed by atoms with Crippen molar-refractivity contribution in [2.24, 2.45) is 17.7 Å². The molecule has 3 amide bonds. The summed E-state index contributed by atoms with van der Waals surface area (Å²) in [6, 6.07) is 3.03. The predicted octanol–water partition coefficient (Wildman–Crippen LogP) is 0.168. The maximum Gasteiger partial charge on any atom is 0.300 e. The van der Waals surface area contributed by atoms with Gasteiger partial charge in [-0.3, -0.25) is 24.7 Å². The van der Waals surface area contributed by atoms with E-state index >= 15 is 0 Å². The maximum atomic E-state index is 12.2. The van der Waals surface area contributed by atoms with E-state index < -0.39 is 5.91 Å². The van der Waals surface area contributed by atoms with Crippen LogP contribution in [0, 0.1) is 11.8 Å². The molecule has 7 heteroatoms. The van der Waals surface area contributed by atoms with Crippen molar-refractivity contribution in [3.8, 4) is 0 Å². The van der Waals surface area contributed by atoms with Gasteiger partial charge in [0.2, 0.25) is 11.8 Å². The summed E-state index contributed by atoms with van der Waals surface area (Å²) in [4.78, 5) is 36.8. The number of hydrogen-bond donors (Lipinski definition) is 2. The standard InChI is InChI=1S/C13H15N3O4/c14-15-11(17)10-5-4-7(20-10)6-16-12(18)8-2-1-3-9(8)13(16)19/h4-5,8-9H,1-3,6,14H2,(H,15,17). The Labute approximate surface area is 115 Å². The van der Waals surface area contributed by atoms with E-state index in [2.05, 4.69) is 0 Å². The number of carbonyl (C=O) groups is 3. The first-order valence-corrected chi connectivity index (χ1v) is 6.56. The molecule has 20 heavy (non-hydrogen) atoms. The number of nitrogens with two attached hydrogens (primary N) is 1. The second-order valence-electron chi connectivity index (χ2n) is 5.15. The van der Waals surface area contributed by atoms with Crippen molar-refractivity contribution in [1.82, 2.24) is 10.3 Å². The van der Waals surface area contributed by atoms with Crippen LogP contribution in [0.5, 0.6) is 0 Å². The van der Waals surface area contributed by atoms with E-state index in [1.807, 2.05) is 5.43 Å². The summed E-state index contributed by atoms with van der Waals surface area (Å²) >= 11 is 0. The van der Waals surface area contributed by atoms with Crippen molar-refractivity contribution >= 4 is 17.7 Å². The zero-order chi connectivity index (χ0) is 14.3. The van der Waals surface area contributed by atoms with Crippen LogP contribution in [0.4, 0.5) is 0 Å². The molecule has 2 heterocycles. The van der Waals surface area contributed by atoms with Crippen molar-refractivity contribution in [2.45, 2.75) is 25.8 Å². The van der Waals surface area contributed by atoms with Gasteiger partial charge in [0.1, 0.15) is 5.76 Å². The van der Waals surface area contributed by atoms with E-state index in [1.54, 1.807) is 6.07 Å². The lowest BCUT2D eigenvalue weighted by atomic mass is 10.00. The molecule has 2 atom stereocenters. The minimum absolute atomic E-state index is 0.0572. The number of carbonyl (C=O) groups excluding carboxylic acids is 3. The van der Waals surface area contributed by atoms with Gasteiger partial charge in [0.15, 0.2) is 5.76 Å². The smallest absolute Gasteiger partial charge is 0.300 e. The predicted molar refractivity (Wildman–Crippen MR) is 66.7 cm³/mol. The van der Waals surface area contributed by atoms with Gasteiger partial charge in [-0.25, -0.2) is 5.84 Å². The summed E-state index contributed by atoms with van der Waals surface area (Å²) in [6.07, 6.45) is 2.50. The van der Waals surface area contributed by atoms with Crippen LogP contribution in [-0.2, 0) is 16.1 Å². The third-order valence-corrected chi connectivity index (χ3v) is 4.01. The van der Waals surface area contributed by atoms with Crippen molar-refractivity contribution in [1.29, 1.82) is 0 Å². The lowest BCUT2D eigenvalue weighted by Gasteiger charge is -2.13. The monoisotopic (exact) mass is 277 g/mol. The fourth-order valence-electron chi connectivity index (χ4n) is 3.03. The molecule has 2 aliphatic rings. The Balaban J connectivity index is 1.75. The molecule has 0 radical (unpaired) electrons. The minimum Gasteiger partial charge on any atom is -0.454 e. The Bertz CT molecular complexity index is 558. The molecule has 1 aliphatic heterocycles. The Hall–Kier alpha value is -2.15. The number of amides is 3. The number of rotatable bonds is 3. The lowest BCUT2D eigenvalue weighted by molar-refractivity contribution is -0.141. The molecule has 0 spiro atoms. The fourth-order valence-corrected chi connectivity index (χ4v) is 3.03. The largest absolute Gasteiger partial charge is 0.454 e. The first kappa shape index (κ1) is 12.9. The molecule has 1 aromatic heterocycles. The zero-order valence-electron chi connectivity index (χ0n) is 10.8. The van der Waals surface area contributed by atoms with Crippen LogP contribution in [-0.4, -0.2) is 22.6 Å². The van der Waals surface area contributed by atoms with Gasteiger partial charge in [0.25, 0.3) is 0 Å². The van der Waals surface area contributed by atoms with Crippen LogP contribution in [0.2, 0.25) is 0 Å². The third kappa shape index (κ3) is 1.90. The molecule has 1 aromatic rings. The molecule has 1 saturated carbocycles. The van der Waals surface area contributed by atoms with Gasteiger partial charge < -0.3 is 4.42 Å². The number of hydrazine groups is 1. The highest BCUT2D eigenvalue weighted by Gasteiger charge is 2.49. The van der Waals surface area contributed by atoms with Gasteiger partial charge >= 0.3 is 5.91 Å². The van der Waals surface area contributed by atoms with E-state index in [9.17, 15) is 14.4 Å². The van der Waals surface area contributed by atoms with E-state index in [1.165, 1.54) is 11.0 Å². The van der Waals surface area contributed by atoms with Gasteiger partial charge in [0, 0.05) is 0 Å². The number of hydrogen-bond acceptors (Lipinski definition) is 5. The van der Waals surface area contributed by atoms with Crippen LogP contribution in [0.25, 0.3) is 0 Å². The van der Waals surface area contributed by atoms with Crippen LogP contribution < -0.4 is 11.3 Å². The van der Waals surface area contributed by atoms with Crippen LogP contribution in [0.1, 0.15) is 35.6 Å². The Morgan fingerprint density at radius 3 is 2.55 bits per heavy atom. The average Bonchev–Trinajstić information content (AvgIpc) is 3.14. The first-order valence-electron chi connectivity index (χ1n) is 6.56. The summed E-state index contributed by atoms with van der Waals surface area (Å²) in [5.41, 5.74) is 1.96. The molecule has 0 bridgehead atoms. The van der Waals surface area contributed by atoms with Gasteiger partial charge in [-0.2, -0.15) is 0 Å². The number of imide groups is 1. The van der Waals surface area contributed by atoms with Gasteiger partial charge in [-0.15, -0.1) is 0 Å². The second kappa shape index (κ2) is 4.75. The van der Waals surface area contributed by atoms with Crippen molar-refractivity contribution in [3.05, 3.63) is 23.7 Å². The number of fused-ring (bicyclic) bond motifs is 1. The van der Waals surface area contributed by atoms with E-state index in [-0.39, 0.29) is 36.0 Å². The number of likely N-dealkylation sites (tertiary alicyclic amines) is 1. The molecule has 7 nitrogen and oxygen atoms in total. The number of nitrogens with one attached hydrogen (secondary N) is 1. The molecule has 1 aliphatic carbocycles. The first-order chi connectivity index (χ1) is 9.61. The van der Waals surface area contributed by atoms with Gasteiger partial charge in [-0.05, 0) is 25.0 Å². The molecule has 1 saturated heterocycles. The van der Waals surface area contributed by atoms with Crippen LogP contribution >= 0.6 is 0 Å². The summed E-state index contributed by atoms with van der Waals surface area (Å²) in [5, 5.41) is 0. The summed E-state index contributed by atoms with van der Waals surface area (Å²) in [5.74, 6) is 4.33. The highest BCUT2D eigenvalue weighted by atomic mass is 16.4. The number of nitrogens with zero attached hydrogens (tertiary/aromatic N) is 1. The Kier molecular flexibility index (Phi) is 3.06. The van der Waals surface area contributed by atoms with Gasteiger partial charge in [0.05, 0.1) is 18.4 Å². The molecular weight excluding hydrogens is 262 g/mol. The summed E-state index contributed by atoms with van der Waals surface area (Å²) in [6.45, 7) is 0.0719. The maximum absolute atomic E-state index is 12.2. The minimum atomic E-state index is -0.549. The summed E-state index contributed by atoms with van der Waals surface area (Å²) < 4.78 is 5.28. The lowest BCUT2D eigenvalue weighted by Crippen LogP contribution is -2.31. The molecular formula is C13H15N3O4. The Morgan fingerprint density at radius 2 is 1.95 bits per heavy atom. The summed E-state index contributed by atoms with van der Waals surface area (Å²) in [7, 11) is 0. The topological polar surface area (TPSA) is 106 Å². The van der Waals surface area contributed by atoms with Crippen LogP contribution in [0.15, 0.2) is 16.5 Å². The van der Waals surface area contributed by atoms with Crippen molar-refractivity contribution in [3.63, 3.8) is 0 Å². The normalized spacial score (nSPS) is 25.1. The number of nitrogen functional groups attached to an aromatic ring is 1. The zero-order valence-corrected chi connectivity index (χ0v) is 10.8. The molecule has 0 aromatic carbocycles. The van der Waals surface area contributed by atoms with Crippen molar-refractivity contribution in [2.75, 3.05) is 0 Å². The highest BCUT2D eigenvalue weighted by Crippen LogP contribution is 2.40. The molecule has 3 N–H and O–H groups in total. The average molecular weight is 277 g/mol. The quantitative estimate of drug-likeness (QED) is 0.354. The molecule has 3 rings (SSSR count). The highest BCUT2D eigenvalue weighted by molar-refractivity contribution is 6.05. The molecule has 2 unspecified atom stereocenters. The Morgan fingerprint density at radius 1 is 1.30 bits per heavy atom. The van der Waals surface area contributed by atoms with E-state index in [4.69, 9.17) is 10.3 Å². The van der Waals surface area contributed by atoms with Crippen molar-refractivity contribution < 1.29 is 18.8 Å². The second-order valence-corrected chi connectivity index (χ2v) is 5.15. The molecule has 106 valence electrons. The third-order valence-electron chi connectivity index (χ3n) is 4.01. The fraction of sp³-hybridized carbons (Fsp3) is 0.462. The van der Waals surface area contributed by atoms with E-state index in [0.29, 0.717) is 5.76 Å². The van der Waals surface area contributed by atoms with Crippen LogP contribution in [0.3, 0.4) is 0 Å². The molecule has 2 fully saturated rings. The number of furan rings is 1. The van der Waals surface area contributed by atoms with Gasteiger partial charge in [-0.1, -0.05) is 6.42 Å². The SMILES string of the molecule is NNC(=O)c1ccc(CN2C(=O)C3CCCC3C2=O)o1. The van der Waals surface area contributed by atoms with E-state index in [0.717, 1.165) is 19.3 Å².